The van der Waals surface area contributed by atoms with Gasteiger partial charge in [0, 0.05) is 31.7 Å². The average Bonchev–Trinajstić information content (AvgIpc) is 2.61. The van der Waals surface area contributed by atoms with Gasteiger partial charge in [0.1, 0.15) is 5.82 Å². The highest BCUT2D eigenvalue weighted by Gasteiger charge is 2.34. The number of rotatable bonds is 1. The maximum Gasteiger partial charge on any atom is 0.253 e. The Morgan fingerprint density at radius 3 is 2.61 bits per heavy atom. The van der Waals surface area contributed by atoms with Crippen LogP contribution in [-0.2, 0) is 6.42 Å². The van der Waals surface area contributed by atoms with Gasteiger partial charge in [-0.05, 0) is 41.8 Å². The Kier molecular flexibility index (Phi) is 3.62. The van der Waals surface area contributed by atoms with Crippen molar-refractivity contribution in [1.82, 2.24) is 9.80 Å². The topological polar surface area (TPSA) is 23.6 Å². The SMILES string of the molecule is O=C(c1ccc(F)cc1)N1CCN2CCc3ccccc3C2C1. The molecule has 3 nitrogen and oxygen atoms in total. The fourth-order valence-electron chi connectivity index (χ4n) is 3.69. The lowest BCUT2D eigenvalue weighted by atomic mass is 9.91. The van der Waals surface area contributed by atoms with Gasteiger partial charge >= 0.3 is 0 Å². The summed E-state index contributed by atoms with van der Waals surface area (Å²) in [4.78, 5) is 17.1. The van der Waals surface area contributed by atoms with Gasteiger partial charge in [0.05, 0.1) is 6.04 Å². The van der Waals surface area contributed by atoms with Crippen LogP contribution < -0.4 is 0 Å². The van der Waals surface area contributed by atoms with E-state index in [-0.39, 0.29) is 17.8 Å². The molecule has 0 radical (unpaired) electrons. The molecule has 4 rings (SSSR count). The number of hydrogen-bond acceptors (Lipinski definition) is 2. The monoisotopic (exact) mass is 310 g/mol. The van der Waals surface area contributed by atoms with E-state index in [4.69, 9.17) is 0 Å². The lowest BCUT2D eigenvalue weighted by Gasteiger charge is -2.44. The van der Waals surface area contributed by atoms with E-state index in [0.29, 0.717) is 12.1 Å². The van der Waals surface area contributed by atoms with E-state index in [1.165, 1.54) is 23.3 Å². The number of carbonyl (C=O) groups excluding carboxylic acids is 1. The van der Waals surface area contributed by atoms with E-state index < -0.39 is 0 Å². The molecular weight excluding hydrogens is 291 g/mol. The molecule has 0 bridgehead atoms. The quantitative estimate of drug-likeness (QED) is 0.808. The first-order valence-electron chi connectivity index (χ1n) is 8.09. The second kappa shape index (κ2) is 5.78. The maximum absolute atomic E-state index is 13.0. The Morgan fingerprint density at radius 1 is 1.00 bits per heavy atom. The van der Waals surface area contributed by atoms with Gasteiger partial charge in [-0.25, -0.2) is 4.39 Å². The molecule has 0 aromatic heterocycles. The summed E-state index contributed by atoms with van der Waals surface area (Å²) >= 11 is 0. The first-order valence-corrected chi connectivity index (χ1v) is 8.09. The zero-order valence-electron chi connectivity index (χ0n) is 12.9. The summed E-state index contributed by atoms with van der Waals surface area (Å²) in [5.74, 6) is -0.319. The van der Waals surface area contributed by atoms with Crippen molar-refractivity contribution < 1.29 is 9.18 Å². The molecule has 1 atom stereocenters. The molecule has 2 heterocycles. The van der Waals surface area contributed by atoms with Crippen LogP contribution in [0.25, 0.3) is 0 Å². The molecule has 1 amide bonds. The van der Waals surface area contributed by atoms with E-state index in [2.05, 4.69) is 29.2 Å². The molecular formula is C19H19FN2O. The van der Waals surface area contributed by atoms with Crippen LogP contribution in [0.5, 0.6) is 0 Å². The molecule has 1 unspecified atom stereocenters. The highest BCUT2D eigenvalue weighted by molar-refractivity contribution is 5.94. The van der Waals surface area contributed by atoms with Crippen molar-refractivity contribution in [3.8, 4) is 0 Å². The molecule has 23 heavy (non-hydrogen) atoms. The minimum absolute atomic E-state index is 0.00676. The number of carbonyl (C=O) groups is 1. The summed E-state index contributed by atoms with van der Waals surface area (Å²) in [7, 11) is 0. The van der Waals surface area contributed by atoms with Crippen molar-refractivity contribution in [3.05, 3.63) is 71.0 Å². The van der Waals surface area contributed by atoms with Crippen LogP contribution in [0.4, 0.5) is 4.39 Å². The minimum Gasteiger partial charge on any atom is -0.335 e. The molecule has 2 aliphatic heterocycles. The van der Waals surface area contributed by atoms with Gasteiger partial charge in [-0.3, -0.25) is 9.69 Å². The largest absolute Gasteiger partial charge is 0.335 e. The van der Waals surface area contributed by atoms with E-state index in [1.807, 2.05) is 4.90 Å². The highest BCUT2D eigenvalue weighted by atomic mass is 19.1. The van der Waals surface area contributed by atoms with Crippen molar-refractivity contribution in [2.24, 2.45) is 0 Å². The van der Waals surface area contributed by atoms with Crippen LogP contribution in [0, 0.1) is 5.82 Å². The first-order chi connectivity index (χ1) is 11.2. The zero-order valence-corrected chi connectivity index (χ0v) is 12.9. The Hall–Kier alpha value is -2.20. The van der Waals surface area contributed by atoms with Gasteiger partial charge in [-0.1, -0.05) is 24.3 Å². The van der Waals surface area contributed by atoms with Gasteiger partial charge in [-0.15, -0.1) is 0 Å². The van der Waals surface area contributed by atoms with Crippen molar-refractivity contribution >= 4 is 5.91 Å². The van der Waals surface area contributed by atoms with Crippen LogP contribution in [0.1, 0.15) is 27.5 Å². The third kappa shape index (κ3) is 2.63. The summed E-state index contributed by atoms with van der Waals surface area (Å²) in [5.41, 5.74) is 3.30. The Labute approximate surface area is 135 Å². The molecule has 2 aromatic carbocycles. The Bertz CT molecular complexity index is 728. The van der Waals surface area contributed by atoms with Gasteiger partial charge in [-0.2, -0.15) is 0 Å². The molecule has 1 saturated heterocycles. The second-order valence-corrected chi connectivity index (χ2v) is 6.26. The molecule has 2 aromatic rings. The normalized spacial score (nSPS) is 20.7. The average molecular weight is 310 g/mol. The smallest absolute Gasteiger partial charge is 0.253 e. The highest BCUT2D eigenvalue weighted by Crippen LogP contribution is 2.32. The molecule has 0 N–H and O–H groups in total. The summed E-state index contributed by atoms with van der Waals surface area (Å²) in [6.07, 6.45) is 1.08. The number of halogens is 1. The van der Waals surface area contributed by atoms with Crippen molar-refractivity contribution in [1.29, 1.82) is 0 Å². The Balaban J connectivity index is 1.58. The Morgan fingerprint density at radius 2 is 1.78 bits per heavy atom. The van der Waals surface area contributed by atoms with Crippen LogP contribution in [0.3, 0.4) is 0 Å². The summed E-state index contributed by atoms with van der Waals surface area (Å²) in [6, 6.07) is 14.6. The number of nitrogens with zero attached hydrogens (tertiary/aromatic N) is 2. The fraction of sp³-hybridized carbons (Fsp3) is 0.316. The van der Waals surface area contributed by atoms with Gasteiger partial charge in [0.2, 0.25) is 0 Å². The number of piperazine rings is 1. The predicted molar refractivity (Wildman–Crippen MR) is 86.8 cm³/mol. The number of amides is 1. The zero-order chi connectivity index (χ0) is 15.8. The number of fused-ring (bicyclic) bond motifs is 3. The van der Waals surface area contributed by atoms with Crippen molar-refractivity contribution in [2.75, 3.05) is 26.2 Å². The van der Waals surface area contributed by atoms with Crippen molar-refractivity contribution in [2.45, 2.75) is 12.5 Å². The summed E-state index contributed by atoms with van der Waals surface area (Å²) in [6.45, 7) is 3.38. The molecule has 2 aliphatic rings. The lowest BCUT2D eigenvalue weighted by molar-refractivity contribution is 0.0453. The predicted octanol–water partition coefficient (Wildman–Crippen LogP) is 2.88. The first kappa shape index (κ1) is 14.4. The molecule has 0 aliphatic carbocycles. The van der Waals surface area contributed by atoms with E-state index >= 15 is 0 Å². The lowest BCUT2D eigenvalue weighted by Crippen LogP contribution is -2.52. The van der Waals surface area contributed by atoms with E-state index in [9.17, 15) is 9.18 Å². The molecule has 0 saturated carbocycles. The van der Waals surface area contributed by atoms with Crippen LogP contribution >= 0.6 is 0 Å². The number of hydrogen-bond donors (Lipinski definition) is 0. The molecule has 0 spiro atoms. The molecule has 4 heteroatoms. The fourth-order valence-corrected chi connectivity index (χ4v) is 3.69. The second-order valence-electron chi connectivity index (χ2n) is 6.26. The van der Waals surface area contributed by atoms with E-state index in [0.717, 1.165) is 26.1 Å². The van der Waals surface area contributed by atoms with Crippen LogP contribution in [0.2, 0.25) is 0 Å². The summed E-state index contributed by atoms with van der Waals surface area (Å²) in [5, 5.41) is 0. The minimum atomic E-state index is -0.312. The maximum atomic E-state index is 13.0. The molecule has 1 fully saturated rings. The van der Waals surface area contributed by atoms with Crippen LogP contribution in [0.15, 0.2) is 48.5 Å². The van der Waals surface area contributed by atoms with Gasteiger partial charge < -0.3 is 4.90 Å². The van der Waals surface area contributed by atoms with Gasteiger partial charge in [0.25, 0.3) is 5.91 Å². The molecule has 118 valence electrons. The standard InChI is InChI=1S/C19H19FN2O/c20-16-7-5-15(6-8-16)19(23)22-12-11-21-10-9-14-3-1-2-4-17(14)18(21)13-22/h1-8,18H,9-13H2. The summed E-state index contributed by atoms with van der Waals surface area (Å²) < 4.78 is 13.0. The third-order valence-corrected chi connectivity index (χ3v) is 4.95. The van der Waals surface area contributed by atoms with E-state index in [1.54, 1.807) is 12.1 Å². The van der Waals surface area contributed by atoms with Crippen molar-refractivity contribution in [3.63, 3.8) is 0 Å². The van der Waals surface area contributed by atoms with Crippen LogP contribution in [-0.4, -0.2) is 41.9 Å². The van der Waals surface area contributed by atoms with Gasteiger partial charge in [0.15, 0.2) is 0 Å². The third-order valence-electron chi connectivity index (χ3n) is 4.95. The number of benzene rings is 2.